The fourth-order valence-corrected chi connectivity index (χ4v) is 1.96. The van der Waals surface area contributed by atoms with Crippen molar-refractivity contribution in [2.75, 3.05) is 13.6 Å². The van der Waals surface area contributed by atoms with E-state index in [0.29, 0.717) is 23.0 Å². The highest BCUT2D eigenvalue weighted by molar-refractivity contribution is 6.31. The summed E-state index contributed by atoms with van der Waals surface area (Å²) in [7, 11) is 1.95. The minimum atomic E-state index is -0.248. The Morgan fingerprint density at radius 3 is 2.61 bits per heavy atom. The van der Waals surface area contributed by atoms with Crippen LogP contribution in [0.4, 0.5) is 4.39 Å². The summed E-state index contributed by atoms with van der Waals surface area (Å²) in [6.07, 6.45) is 0.903. The van der Waals surface area contributed by atoms with E-state index in [4.69, 9.17) is 17.3 Å². The SMILES string of the molecule is CC(C)C(N)CCN(C)Cc1c(F)cccc1Cl. The van der Waals surface area contributed by atoms with Crippen LogP contribution in [0.15, 0.2) is 18.2 Å². The van der Waals surface area contributed by atoms with E-state index in [2.05, 4.69) is 13.8 Å². The molecule has 1 rings (SSSR count). The van der Waals surface area contributed by atoms with Crippen LogP contribution in [0.3, 0.4) is 0 Å². The molecule has 0 spiro atoms. The number of benzene rings is 1. The Balaban J connectivity index is 2.52. The maximum atomic E-state index is 13.6. The van der Waals surface area contributed by atoms with Crippen molar-refractivity contribution < 1.29 is 4.39 Å². The first kappa shape index (κ1) is 15.4. The molecule has 2 N–H and O–H groups in total. The van der Waals surface area contributed by atoms with E-state index in [1.165, 1.54) is 6.07 Å². The van der Waals surface area contributed by atoms with Crippen LogP contribution in [0.1, 0.15) is 25.8 Å². The summed E-state index contributed by atoms with van der Waals surface area (Å²) in [4.78, 5) is 2.05. The lowest BCUT2D eigenvalue weighted by Gasteiger charge is -2.21. The zero-order chi connectivity index (χ0) is 13.7. The molecule has 0 aliphatic heterocycles. The first-order valence-electron chi connectivity index (χ1n) is 6.28. The Labute approximate surface area is 114 Å². The smallest absolute Gasteiger partial charge is 0.129 e. The Morgan fingerprint density at radius 2 is 2.06 bits per heavy atom. The van der Waals surface area contributed by atoms with Gasteiger partial charge in [-0.2, -0.15) is 0 Å². The van der Waals surface area contributed by atoms with Gasteiger partial charge in [0.15, 0.2) is 0 Å². The summed E-state index contributed by atoms with van der Waals surface area (Å²) in [6.45, 7) is 5.57. The topological polar surface area (TPSA) is 29.3 Å². The summed E-state index contributed by atoms with van der Waals surface area (Å²) < 4.78 is 13.6. The second-order valence-electron chi connectivity index (χ2n) is 5.13. The quantitative estimate of drug-likeness (QED) is 0.861. The molecule has 1 aromatic rings. The highest BCUT2D eigenvalue weighted by atomic mass is 35.5. The predicted molar refractivity (Wildman–Crippen MR) is 75.2 cm³/mol. The highest BCUT2D eigenvalue weighted by Gasteiger charge is 2.12. The number of hydrogen-bond donors (Lipinski definition) is 1. The van der Waals surface area contributed by atoms with E-state index in [1.54, 1.807) is 12.1 Å². The molecule has 0 saturated carbocycles. The number of nitrogens with zero attached hydrogens (tertiary/aromatic N) is 1. The monoisotopic (exact) mass is 272 g/mol. The summed E-state index contributed by atoms with van der Waals surface area (Å²) in [6, 6.07) is 4.96. The van der Waals surface area contributed by atoms with E-state index in [9.17, 15) is 4.39 Å². The summed E-state index contributed by atoms with van der Waals surface area (Å²) in [5, 5.41) is 0.481. The molecule has 0 aromatic heterocycles. The molecular formula is C14H22ClFN2. The first-order chi connectivity index (χ1) is 8.41. The number of hydrogen-bond acceptors (Lipinski definition) is 2. The fraction of sp³-hybridized carbons (Fsp3) is 0.571. The van der Waals surface area contributed by atoms with Gasteiger partial charge in [0.05, 0.1) is 0 Å². The number of nitrogens with two attached hydrogens (primary N) is 1. The fourth-order valence-electron chi connectivity index (χ4n) is 1.74. The third-order valence-corrected chi connectivity index (χ3v) is 3.54. The van der Waals surface area contributed by atoms with E-state index >= 15 is 0 Å². The van der Waals surface area contributed by atoms with Crippen molar-refractivity contribution in [2.45, 2.75) is 32.9 Å². The van der Waals surface area contributed by atoms with Crippen molar-refractivity contribution in [3.63, 3.8) is 0 Å². The maximum Gasteiger partial charge on any atom is 0.129 e. The third kappa shape index (κ3) is 4.56. The van der Waals surface area contributed by atoms with Gasteiger partial charge in [0.1, 0.15) is 5.82 Å². The number of rotatable bonds is 6. The van der Waals surface area contributed by atoms with Crippen molar-refractivity contribution in [2.24, 2.45) is 11.7 Å². The minimum absolute atomic E-state index is 0.184. The van der Waals surface area contributed by atoms with Gasteiger partial charge in [-0.1, -0.05) is 31.5 Å². The minimum Gasteiger partial charge on any atom is -0.327 e. The van der Waals surface area contributed by atoms with Gasteiger partial charge < -0.3 is 10.6 Å². The van der Waals surface area contributed by atoms with Crippen molar-refractivity contribution >= 4 is 11.6 Å². The van der Waals surface area contributed by atoms with E-state index < -0.39 is 0 Å². The predicted octanol–water partition coefficient (Wildman–Crippen LogP) is 3.28. The van der Waals surface area contributed by atoms with Crippen LogP contribution in [0, 0.1) is 11.7 Å². The standard InChI is InChI=1S/C14H22ClFN2/c1-10(2)14(17)7-8-18(3)9-11-12(15)5-4-6-13(11)16/h4-6,10,14H,7-9,17H2,1-3H3. The van der Waals surface area contributed by atoms with Crippen molar-refractivity contribution in [3.05, 3.63) is 34.6 Å². The molecule has 0 bridgehead atoms. The second-order valence-corrected chi connectivity index (χ2v) is 5.54. The summed E-state index contributed by atoms with van der Waals surface area (Å²) in [5.41, 5.74) is 6.55. The van der Waals surface area contributed by atoms with Gasteiger partial charge in [-0.3, -0.25) is 0 Å². The van der Waals surface area contributed by atoms with Crippen molar-refractivity contribution in [1.29, 1.82) is 0 Å². The van der Waals surface area contributed by atoms with Crippen LogP contribution in [-0.2, 0) is 6.54 Å². The van der Waals surface area contributed by atoms with Crippen LogP contribution in [-0.4, -0.2) is 24.5 Å². The molecular weight excluding hydrogens is 251 g/mol. The maximum absolute atomic E-state index is 13.6. The molecule has 1 aromatic carbocycles. The van der Waals surface area contributed by atoms with Crippen molar-refractivity contribution in [3.8, 4) is 0 Å². The van der Waals surface area contributed by atoms with E-state index in [1.807, 2.05) is 11.9 Å². The van der Waals surface area contributed by atoms with Crippen LogP contribution < -0.4 is 5.73 Å². The lowest BCUT2D eigenvalue weighted by atomic mass is 10.0. The summed E-state index contributed by atoms with van der Waals surface area (Å²) >= 11 is 6.00. The Kier molecular flexibility index (Phi) is 6.06. The molecule has 0 heterocycles. The normalized spacial score (nSPS) is 13.3. The molecule has 18 heavy (non-hydrogen) atoms. The van der Waals surface area contributed by atoms with Gasteiger partial charge in [-0.15, -0.1) is 0 Å². The Morgan fingerprint density at radius 1 is 1.39 bits per heavy atom. The van der Waals surface area contributed by atoms with Gasteiger partial charge in [0, 0.05) is 23.2 Å². The molecule has 1 unspecified atom stereocenters. The van der Waals surface area contributed by atoms with Crippen LogP contribution in [0.5, 0.6) is 0 Å². The number of halogens is 2. The second kappa shape index (κ2) is 7.07. The first-order valence-corrected chi connectivity index (χ1v) is 6.66. The van der Waals surface area contributed by atoms with Gasteiger partial charge in [0.2, 0.25) is 0 Å². The zero-order valence-electron chi connectivity index (χ0n) is 11.3. The molecule has 102 valence electrons. The van der Waals surface area contributed by atoms with E-state index in [-0.39, 0.29) is 11.9 Å². The largest absolute Gasteiger partial charge is 0.327 e. The third-order valence-electron chi connectivity index (χ3n) is 3.19. The molecule has 0 aliphatic rings. The molecule has 0 radical (unpaired) electrons. The van der Waals surface area contributed by atoms with Gasteiger partial charge in [-0.25, -0.2) is 4.39 Å². The lowest BCUT2D eigenvalue weighted by Crippen LogP contribution is -2.31. The van der Waals surface area contributed by atoms with Crippen LogP contribution >= 0.6 is 11.6 Å². The van der Waals surface area contributed by atoms with Crippen LogP contribution in [0.2, 0.25) is 5.02 Å². The molecule has 0 amide bonds. The van der Waals surface area contributed by atoms with E-state index in [0.717, 1.165) is 13.0 Å². The molecule has 4 heteroatoms. The molecule has 2 nitrogen and oxygen atoms in total. The molecule has 1 atom stereocenters. The molecule has 0 saturated heterocycles. The zero-order valence-corrected chi connectivity index (χ0v) is 12.0. The molecule has 0 fully saturated rings. The molecule has 0 aliphatic carbocycles. The average molecular weight is 273 g/mol. The Bertz CT molecular complexity index is 362. The van der Waals surface area contributed by atoms with Crippen molar-refractivity contribution in [1.82, 2.24) is 4.90 Å². The average Bonchev–Trinajstić information content (AvgIpc) is 2.30. The van der Waals surface area contributed by atoms with Gasteiger partial charge >= 0.3 is 0 Å². The van der Waals surface area contributed by atoms with Crippen LogP contribution in [0.25, 0.3) is 0 Å². The summed E-state index contributed by atoms with van der Waals surface area (Å²) in [5.74, 6) is 0.220. The lowest BCUT2D eigenvalue weighted by molar-refractivity contribution is 0.292. The Hall–Kier alpha value is -0.640. The van der Waals surface area contributed by atoms with Gasteiger partial charge in [0.25, 0.3) is 0 Å². The highest BCUT2D eigenvalue weighted by Crippen LogP contribution is 2.20. The van der Waals surface area contributed by atoms with Gasteiger partial charge in [-0.05, 0) is 38.1 Å².